The van der Waals surface area contributed by atoms with Crippen molar-refractivity contribution in [2.24, 2.45) is 10.2 Å². The van der Waals surface area contributed by atoms with Gasteiger partial charge in [0.25, 0.3) is 10.1 Å². The number of nitrogens with zero attached hydrogens (tertiary/aromatic N) is 2. The average Bonchev–Trinajstić information content (AvgIpc) is 2.46. The fourth-order valence-corrected chi connectivity index (χ4v) is 2.20. The second-order valence-electron chi connectivity index (χ2n) is 4.34. The predicted octanol–water partition coefficient (Wildman–Crippen LogP) is 3.62. The Morgan fingerprint density at radius 2 is 1.57 bits per heavy atom. The fourth-order valence-electron chi connectivity index (χ4n) is 1.72. The van der Waals surface area contributed by atoms with Crippen LogP contribution in [0.4, 0.5) is 11.4 Å². The molecule has 0 amide bonds. The van der Waals surface area contributed by atoms with Crippen molar-refractivity contribution in [1.29, 1.82) is 0 Å². The summed E-state index contributed by atoms with van der Waals surface area (Å²) in [7, 11) is -4.20. The summed E-state index contributed by atoms with van der Waals surface area (Å²) >= 11 is 0. The molecule has 7 heteroatoms. The van der Waals surface area contributed by atoms with E-state index >= 15 is 0 Å². The van der Waals surface area contributed by atoms with Crippen LogP contribution in [0.25, 0.3) is 0 Å². The van der Waals surface area contributed by atoms with Gasteiger partial charge in [-0.15, -0.1) is 0 Å². The van der Waals surface area contributed by atoms with Gasteiger partial charge in [-0.3, -0.25) is 4.55 Å². The Kier molecular flexibility index (Phi) is 4.35. The molecule has 0 unspecified atom stereocenters. The van der Waals surface area contributed by atoms with Crippen molar-refractivity contribution in [3.63, 3.8) is 0 Å². The minimum absolute atomic E-state index is 0.195. The van der Waals surface area contributed by atoms with Crippen LogP contribution in [0.5, 0.6) is 5.75 Å². The summed E-state index contributed by atoms with van der Waals surface area (Å²) < 4.78 is 30.7. The molecule has 6 nitrogen and oxygen atoms in total. The molecule has 0 radical (unpaired) electrons. The van der Waals surface area contributed by atoms with Crippen molar-refractivity contribution >= 4 is 21.5 Å². The van der Waals surface area contributed by atoms with Gasteiger partial charge in [0.15, 0.2) is 0 Å². The zero-order valence-electron chi connectivity index (χ0n) is 11.3. The number of azo groups is 1. The molecule has 0 saturated heterocycles. The highest BCUT2D eigenvalue weighted by Crippen LogP contribution is 2.25. The van der Waals surface area contributed by atoms with Gasteiger partial charge in [0.05, 0.1) is 16.3 Å². The van der Waals surface area contributed by atoms with Crippen molar-refractivity contribution in [1.82, 2.24) is 0 Å². The molecular formula is C14H14N2O4S. The van der Waals surface area contributed by atoms with E-state index < -0.39 is 10.1 Å². The summed E-state index contributed by atoms with van der Waals surface area (Å²) in [6.07, 6.45) is 0.679. The highest BCUT2D eigenvalue weighted by atomic mass is 32.2. The van der Waals surface area contributed by atoms with Crippen molar-refractivity contribution in [2.75, 3.05) is 0 Å². The van der Waals surface area contributed by atoms with Crippen molar-refractivity contribution in [3.8, 4) is 5.75 Å². The average molecular weight is 306 g/mol. The Bertz CT molecular complexity index is 768. The van der Waals surface area contributed by atoms with Gasteiger partial charge in [0, 0.05) is 0 Å². The Hall–Kier alpha value is -2.25. The molecule has 0 fully saturated rings. The summed E-state index contributed by atoms with van der Waals surface area (Å²) in [6, 6.07) is 10.3. The number of hydrogen-bond donors (Lipinski definition) is 2. The van der Waals surface area contributed by atoms with Crippen LogP contribution >= 0.6 is 0 Å². The molecule has 0 aliphatic carbocycles. The molecule has 2 rings (SSSR count). The molecule has 0 bridgehead atoms. The minimum Gasteiger partial charge on any atom is -0.508 e. The van der Waals surface area contributed by atoms with Gasteiger partial charge in [0.1, 0.15) is 5.75 Å². The number of hydrogen-bond acceptors (Lipinski definition) is 5. The molecule has 0 heterocycles. The molecule has 0 atom stereocenters. The van der Waals surface area contributed by atoms with Gasteiger partial charge in [-0.25, -0.2) is 0 Å². The number of aromatic hydroxyl groups is 1. The Morgan fingerprint density at radius 3 is 2.14 bits per heavy atom. The van der Waals surface area contributed by atoms with Crippen molar-refractivity contribution in [3.05, 3.63) is 48.0 Å². The van der Waals surface area contributed by atoms with Crippen LogP contribution in [0.1, 0.15) is 12.5 Å². The molecule has 0 saturated carbocycles. The molecule has 0 spiro atoms. The normalized spacial score (nSPS) is 11.9. The van der Waals surface area contributed by atoms with Crippen LogP contribution < -0.4 is 0 Å². The van der Waals surface area contributed by atoms with Crippen LogP contribution in [0.15, 0.2) is 57.6 Å². The minimum atomic E-state index is -4.20. The van der Waals surface area contributed by atoms with Gasteiger partial charge >= 0.3 is 0 Å². The Balaban J connectivity index is 2.21. The van der Waals surface area contributed by atoms with Crippen LogP contribution in [0.2, 0.25) is 0 Å². The van der Waals surface area contributed by atoms with Gasteiger partial charge in [0.2, 0.25) is 0 Å². The molecule has 2 N–H and O–H groups in total. The third-order valence-electron chi connectivity index (χ3n) is 2.86. The standard InChI is InChI=1S/C14H14N2O4S/c1-2-10-9-12(5-8-14(10)17)16-15-11-3-6-13(7-4-11)21(18,19)20/h3-9,17H,2H2,1H3,(H,18,19,20)/b16-15+. The van der Waals surface area contributed by atoms with Gasteiger partial charge in [-0.2, -0.15) is 18.6 Å². The topological polar surface area (TPSA) is 99.3 Å². The van der Waals surface area contributed by atoms with E-state index in [-0.39, 0.29) is 10.6 Å². The third-order valence-corrected chi connectivity index (χ3v) is 3.73. The SMILES string of the molecule is CCc1cc(/N=N/c2ccc(S(=O)(=O)O)cc2)ccc1O. The first-order chi connectivity index (χ1) is 9.90. The summed E-state index contributed by atoms with van der Waals surface area (Å²) in [5.41, 5.74) is 1.81. The van der Waals surface area contributed by atoms with Gasteiger partial charge in [-0.05, 0) is 54.4 Å². The lowest BCUT2D eigenvalue weighted by atomic mass is 10.1. The fraction of sp³-hybridized carbons (Fsp3) is 0.143. The first kappa shape index (κ1) is 15.1. The van der Waals surface area contributed by atoms with Gasteiger partial charge < -0.3 is 5.11 Å². The number of benzene rings is 2. The van der Waals surface area contributed by atoms with Crippen LogP contribution in [0.3, 0.4) is 0 Å². The second-order valence-corrected chi connectivity index (χ2v) is 5.76. The highest BCUT2D eigenvalue weighted by molar-refractivity contribution is 7.85. The molecule has 0 aromatic heterocycles. The Labute approximate surface area is 122 Å². The van der Waals surface area contributed by atoms with E-state index in [1.54, 1.807) is 18.2 Å². The van der Waals surface area contributed by atoms with Crippen molar-refractivity contribution < 1.29 is 18.1 Å². The number of rotatable bonds is 4. The summed E-state index contributed by atoms with van der Waals surface area (Å²) in [5.74, 6) is 0.217. The quantitative estimate of drug-likeness (QED) is 0.665. The summed E-state index contributed by atoms with van der Waals surface area (Å²) in [6.45, 7) is 1.92. The first-order valence-corrected chi connectivity index (χ1v) is 7.65. The third kappa shape index (κ3) is 3.87. The molecule has 0 aliphatic rings. The molecule has 0 aliphatic heterocycles. The first-order valence-electron chi connectivity index (χ1n) is 6.21. The molecular weight excluding hydrogens is 292 g/mol. The number of phenolic OH excluding ortho intramolecular Hbond substituents is 1. The highest BCUT2D eigenvalue weighted by Gasteiger charge is 2.08. The summed E-state index contributed by atoms with van der Waals surface area (Å²) in [4.78, 5) is -0.195. The van der Waals surface area contributed by atoms with E-state index in [4.69, 9.17) is 4.55 Å². The Morgan fingerprint density at radius 1 is 1.00 bits per heavy atom. The molecule has 2 aromatic carbocycles. The lowest BCUT2D eigenvalue weighted by Gasteiger charge is -2.01. The van der Waals surface area contributed by atoms with E-state index in [9.17, 15) is 13.5 Å². The smallest absolute Gasteiger partial charge is 0.294 e. The lowest BCUT2D eigenvalue weighted by Crippen LogP contribution is -1.96. The molecule has 21 heavy (non-hydrogen) atoms. The van der Waals surface area contributed by atoms with E-state index in [1.165, 1.54) is 24.3 Å². The van der Waals surface area contributed by atoms with Crippen molar-refractivity contribution in [2.45, 2.75) is 18.2 Å². The summed E-state index contributed by atoms with van der Waals surface area (Å²) in [5, 5.41) is 17.6. The van der Waals surface area contributed by atoms with Crippen LogP contribution in [-0.4, -0.2) is 18.1 Å². The van der Waals surface area contributed by atoms with E-state index in [0.717, 1.165) is 5.56 Å². The second kappa shape index (κ2) is 6.02. The van der Waals surface area contributed by atoms with Crippen LogP contribution in [-0.2, 0) is 16.5 Å². The molecule has 2 aromatic rings. The van der Waals surface area contributed by atoms with Crippen LogP contribution in [0, 0.1) is 0 Å². The number of aryl methyl sites for hydroxylation is 1. The monoisotopic (exact) mass is 306 g/mol. The predicted molar refractivity (Wildman–Crippen MR) is 77.9 cm³/mol. The van der Waals surface area contributed by atoms with E-state index in [2.05, 4.69) is 10.2 Å². The maximum Gasteiger partial charge on any atom is 0.294 e. The zero-order valence-corrected chi connectivity index (χ0v) is 12.1. The zero-order chi connectivity index (χ0) is 15.5. The largest absolute Gasteiger partial charge is 0.508 e. The number of phenols is 1. The molecule has 110 valence electrons. The van der Waals surface area contributed by atoms with Gasteiger partial charge in [-0.1, -0.05) is 6.92 Å². The maximum absolute atomic E-state index is 10.9. The lowest BCUT2D eigenvalue weighted by molar-refractivity contribution is 0.469. The van der Waals surface area contributed by atoms with E-state index in [1.807, 2.05) is 6.92 Å². The van der Waals surface area contributed by atoms with E-state index in [0.29, 0.717) is 17.8 Å². The maximum atomic E-state index is 10.9.